The fourth-order valence-corrected chi connectivity index (χ4v) is 3.55. The SMILES string of the molecule is COC1CC(C(=O)O)N(C(=O)C2CC2c2ccccc2C(F)(F)F)C1. The van der Waals surface area contributed by atoms with Crippen LogP contribution < -0.4 is 0 Å². The third kappa shape index (κ3) is 3.35. The van der Waals surface area contributed by atoms with Gasteiger partial charge < -0.3 is 14.7 Å². The van der Waals surface area contributed by atoms with E-state index in [0.29, 0.717) is 6.42 Å². The molecule has 1 saturated heterocycles. The normalized spacial score (nSPS) is 28.9. The van der Waals surface area contributed by atoms with Crippen LogP contribution in [0.2, 0.25) is 0 Å². The van der Waals surface area contributed by atoms with Crippen LogP contribution in [0.4, 0.5) is 13.2 Å². The van der Waals surface area contributed by atoms with Crippen LogP contribution in [-0.2, 0) is 20.5 Å². The summed E-state index contributed by atoms with van der Waals surface area (Å²) in [6.07, 6.45) is -4.36. The van der Waals surface area contributed by atoms with Gasteiger partial charge >= 0.3 is 12.1 Å². The van der Waals surface area contributed by atoms with Crippen molar-refractivity contribution in [1.82, 2.24) is 4.90 Å². The minimum Gasteiger partial charge on any atom is -0.480 e. The van der Waals surface area contributed by atoms with Crippen molar-refractivity contribution in [2.24, 2.45) is 5.92 Å². The zero-order valence-corrected chi connectivity index (χ0v) is 13.5. The molecule has 2 aliphatic rings. The number of carbonyl (C=O) groups is 2. The van der Waals surface area contributed by atoms with E-state index in [1.807, 2.05) is 0 Å². The van der Waals surface area contributed by atoms with Crippen molar-refractivity contribution < 1.29 is 32.6 Å². The molecule has 2 fully saturated rings. The number of benzene rings is 1. The molecule has 0 spiro atoms. The van der Waals surface area contributed by atoms with Crippen LogP contribution in [-0.4, -0.2) is 47.7 Å². The number of carbonyl (C=O) groups excluding carboxylic acids is 1. The minimum atomic E-state index is -4.48. The smallest absolute Gasteiger partial charge is 0.416 e. The van der Waals surface area contributed by atoms with Gasteiger partial charge in [0, 0.05) is 26.0 Å². The number of aliphatic carboxylic acids is 1. The predicted octanol–water partition coefficient (Wildman–Crippen LogP) is 2.51. The van der Waals surface area contributed by atoms with Gasteiger partial charge in [-0.25, -0.2) is 4.79 Å². The van der Waals surface area contributed by atoms with Gasteiger partial charge in [-0.15, -0.1) is 0 Å². The summed E-state index contributed by atoms with van der Waals surface area (Å²) in [7, 11) is 1.44. The number of hydrogen-bond acceptors (Lipinski definition) is 3. The van der Waals surface area contributed by atoms with Crippen molar-refractivity contribution >= 4 is 11.9 Å². The quantitative estimate of drug-likeness (QED) is 0.899. The lowest BCUT2D eigenvalue weighted by Gasteiger charge is -2.21. The molecule has 8 heteroatoms. The van der Waals surface area contributed by atoms with E-state index in [1.165, 1.54) is 30.2 Å². The summed E-state index contributed by atoms with van der Waals surface area (Å²) in [4.78, 5) is 25.2. The van der Waals surface area contributed by atoms with Gasteiger partial charge in [0.1, 0.15) is 6.04 Å². The van der Waals surface area contributed by atoms with Crippen molar-refractivity contribution in [2.45, 2.75) is 37.1 Å². The van der Waals surface area contributed by atoms with Crippen LogP contribution in [0, 0.1) is 5.92 Å². The number of halogens is 3. The topological polar surface area (TPSA) is 66.8 Å². The van der Waals surface area contributed by atoms with E-state index < -0.39 is 41.5 Å². The Hall–Kier alpha value is -2.09. The van der Waals surface area contributed by atoms with E-state index in [9.17, 15) is 27.9 Å². The first-order chi connectivity index (χ1) is 11.7. The Morgan fingerprint density at radius 3 is 2.52 bits per heavy atom. The molecule has 25 heavy (non-hydrogen) atoms. The third-order valence-electron chi connectivity index (χ3n) is 4.94. The lowest BCUT2D eigenvalue weighted by atomic mass is 10.0. The number of ether oxygens (including phenoxy) is 1. The highest BCUT2D eigenvalue weighted by Gasteiger charge is 2.52. The molecule has 3 rings (SSSR count). The van der Waals surface area contributed by atoms with E-state index in [1.54, 1.807) is 0 Å². The summed E-state index contributed by atoms with van der Waals surface area (Å²) in [5.74, 6) is -2.67. The van der Waals surface area contributed by atoms with Gasteiger partial charge in [0.2, 0.25) is 5.91 Å². The van der Waals surface area contributed by atoms with E-state index in [2.05, 4.69) is 0 Å². The fraction of sp³-hybridized carbons (Fsp3) is 0.529. The van der Waals surface area contributed by atoms with Gasteiger partial charge in [-0.1, -0.05) is 18.2 Å². The predicted molar refractivity (Wildman–Crippen MR) is 80.8 cm³/mol. The molecule has 1 aliphatic heterocycles. The van der Waals surface area contributed by atoms with Crippen LogP contribution >= 0.6 is 0 Å². The van der Waals surface area contributed by atoms with Gasteiger partial charge in [0.05, 0.1) is 11.7 Å². The number of carboxylic acids is 1. The average Bonchev–Trinajstić information content (AvgIpc) is 3.23. The lowest BCUT2D eigenvalue weighted by Crippen LogP contribution is -2.41. The average molecular weight is 357 g/mol. The van der Waals surface area contributed by atoms with Crippen molar-refractivity contribution in [1.29, 1.82) is 0 Å². The van der Waals surface area contributed by atoms with Crippen LogP contribution in [0.3, 0.4) is 0 Å². The maximum absolute atomic E-state index is 13.1. The number of hydrogen-bond donors (Lipinski definition) is 1. The summed E-state index contributed by atoms with van der Waals surface area (Å²) in [6.45, 7) is 0.149. The summed E-state index contributed by atoms with van der Waals surface area (Å²) in [6, 6.07) is 4.23. The molecule has 4 unspecified atom stereocenters. The van der Waals surface area contributed by atoms with Crippen LogP contribution in [0.25, 0.3) is 0 Å². The maximum Gasteiger partial charge on any atom is 0.416 e. The highest BCUT2D eigenvalue weighted by Crippen LogP contribution is 2.52. The highest BCUT2D eigenvalue weighted by atomic mass is 19.4. The molecule has 136 valence electrons. The Bertz CT molecular complexity index is 691. The Labute approximate surface area is 142 Å². The summed E-state index contributed by atoms with van der Waals surface area (Å²) in [5.41, 5.74) is -0.635. The molecule has 5 nitrogen and oxygen atoms in total. The largest absolute Gasteiger partial charge is 0.480 e. The fourth-order valence-electron chi connectivity index (χ4n) is 3.55. The Morgan fingerprint density at radius 1 is 1.24 bits per heavy atom. The standard InChI is InChI=1S/C17H18F3NO4/c1-25-9-6-14(16(23)24)21(8-9)15(22)12-7-11(12)10-4-2-3-5-13(10)17(18,19)20/h2-5,9,11-12,14H,6-8H2,1H3,(H,23,24). The van der Waals surface area contributed by atoms with Crippen molar-refractivity contribution in [3.63, 3.8) is 0 Å². The lowest BCUT2D eigenvalue weighted by molar-refractivity contribution is -0.148. The van der Waals surface area contributed by atoms with Crippen LogP contribution in [0.5, 0.6) is 0 Å². The molecular formula is C17H18F3NO4. The number of amides is 1. The number of likely N-dealkylation sites (tertiary alicyclic amines) is 1. The summed E-state index contributed by atoms with van der Waals surface area (Å²) >= 11 is 0. The third-order valence-corrected chi connectivity index (χ3v) is 4.94. The van der Waals surface area contributed by atoms with Gasteiger partial charge in [0.25, 0.3) is 0 Å². The van der Waals surface area contributed by atoms with Crippen molar-refractivity contribution in [2.75, 3.05) is 13.7 Å². The number of nitrogens with zero attached hydrogens (tertiary/aromatic N) is 1. The second-order valence-corrected chi connectivity index (χ2v) is 6.47. The molecule has 1 saturated carbocycles. The highest BCUT2D eigenvalue weighted by molar-refractivity contribution is 5.88. The Kier molecular flexibility index (Phi) is 4.49. The van der Waals surface area contributed by atoms with E-state index in [4.69, 9.17) is 4.74 Å². The summed E-state index contributed by atoms with van der Waals surface area (Å²) in [5, 5.41) is 9.28. The second-order valence-electron chi connectivity index (χ2n) is 6.47. The first-order valence-electron chi connectivity index (χ1n) is 7.96. The van der Waals surface area contributed by atoms with Gasteiger partial charge in [-0.3, -0.25) is 4.79 Å². The summed E-state index contributed by atoms with van der Waals surface area (Å²) < 4.78 is 44.6. The molecule has 4 atom stereocenters. The number of alkyl halides is 3. The Morgan fingerprint density at radius 2 is 1.92 bits per heavy atom. The molecule has 1 aromatic carbocycles. The Balaban J connectivity index is 1.78. The molecule has 1 amide bonds. The molecule has 0 bridgehead atoms. The van der Waals surface area contributed by atoms with E-state index in [-0.39, 0.29) is 24.6 Å². The molecule has 1 aromatic rings. The second kappa shape index (κ2) is 6.33. The van der Waals surface area contributed by atoms with Gasteiger partial charge in [-0.05, 0) is 24.0 Å². The zero-order chi connectivity index (χ0) is 18.4. The van der Waals surface area contributed by atoms with E-state index in [0.717, 1.165) is 6.07 Å². The number of methoxy groups -OCH3 is 1. The van der Waals surface area contributed by atoms with Gasteiger partial charge in [0.15, 0.2) is 0 Å². The molecule has 0 aromatic heterocycles. The molecule has 1 heterocycles. The van der Waals surface area contributed by atoms with Gasteiger partial charge in [-0.2, -0.15) is 13.2 Å². The maximum atomic E-state index is 13.1. The minimum absolute atomic E-state index is 0.0997. The molecule has 0 radical (unpaired) electrons. The molecule has 1 aliphatic carbocycles. The van der Waals surface area contributed by atoms with E-state index >= 15 is 0 Å². The molecular weight excluding hydrogens is 339 g/mol. The first-order valence-corrected chi connectivity index (χ1v) is 7.96. The van der Waals surface area contributed by atoms with Crippen molar-refractivity contribution in [3.8, 4) is 0 Å². The zero-order valence-electron chi connectivity index (χ0n) is 13.5. The first kappa shape index (κ1) is 17.7. The molecule has 1 N–H and O–H groups in total. The number of rotatable bonds is 4. The monoisotopic (exact) mass is 357 g/mol. The van der Waals surface area contributed by atoms with Crippen LogP contribution in [0.15, 0.2) is 24.3 Å². The van der Waals surface area contributed by atoms with Crippen LogP contribution in [0.1, 0.15) is 29.9 Å². The number of carboxylic acid groups (broad SMARTS) is 1. The van der Waals surface area contributed by atoms with Crippen molar-refractivity contribution in [3.05, 3.63) is 35.4 Å².